The summed E-state index contributed by atoms with van der Waals surface area (Å²) in [6, 6.07) is 28.0. The molecule has 11 heteroatoms. The van der Waals surface area contributed by atoms with E-state index in [1.54, 1.807) is 59.5 Å². The molecule has 220 valence electrons. The van der Waals surface area contributed by atoms with Crippen molar-refractivity contribution >= 4 is 29.2 Å². The van der Waals surface area contributed by atoms with Crippen molar-refractivity contribution in [1.29, 1.82) is 5.26 Å². The van der Waals surface area contributed by atoms with Crippen LogP contribution in [0.1, 0.15) is 11.1 Å². The summed E-state index contributed by atoms with van der Waals surface area (Å²) in [6.07, 6.45) is 6.78. The molecule has 10 nitrogen and oxygen atoms in total. The second kappa shape index (κ2) is 12.8. The molecule has 45 heavy (non-hydrogen) atoms. The highest BCUT2D eigenvalue weighted by molar-refractivity contribution is 5.98. The number of halogens is 1. The van der Waals surface area contributed by atoms with E-state index in [0.29, 0.717) is 35.0 Å². The summed E-state index contributed by atoms with van der Waals surface area (Å²) in [5, 5.41) is 19.9. The fourth-order valence-corrected chi connectivity index (χ4v) is 4.64. The molecule has 0 atom stereocenters. The molecule has 0 aliphatic carbocycles. The highest BCUT2D eigenvalue weighted by Gasteiger charge is 2.20. The van der Waals surface area contributed by atoms with E-state index in [1.807, 2.05) is 49.6 Å². The largest absolute Gasteiger partial charge is 0.333 e. The Morgan fingerprint density at radius 1 is 0.889 bits per heavy atom. The monoisotopic (exact) mass is 595 g/mol. The molecule has 3 heterocycles. The van der Waals surface area contributed by atoms with Gasteiger partial charge in [-0.1, -0.05) is 30.3 Å². The first-order valence-corrected chi connectivity index (χ1v) is 13.9. The third-order valence-electron chi connectivity index (χ3n) is 6.91. The number of aromatic nitrogens is 5. The van der Waals surface area contributed by atoms with Crippen molar-refractivity contribution in [1.82, 2.24) is 30.0 Å². The molecule has 2 N–H and O–H groups in total. The van der Waals surface area contributed by atoms with Gasteiger partial charge in [-0.25, -0.2) is 29.0 Å². The summed E-state index contributed by atoms with van der Waals surface area (Å²) in [5.74, 6) is 0.312. The number of urea groups is 1. The molecule has 6 rings (SSSR count). The number of hydrogen-bond donors (Lipinski definition) is 2. The number of benzene rings is 3. The highest BCUT2D eigenvalue weighted by atomic mass is 19.1. The fourth-order valence-electron chi connectivity index (χ4n) is 4.64. The standard InChI is InChI=1S/C34H26FN9O/c1-43-22-27(21-40-43)25-9-16-31(37-19-25)44(34(45)39-18-23-5-3-2-4-6-23)30-14-12-29(13-15-30)41-33-38-20-26(17-36)32(42-33)24-7-10-28(35)11-8-24/h2-16,19-22H,18H2,1H3,(H,39,45)(H,38,41,42). The molecule has 3 aromatic heterocycles. The summed E-state index contributed by atoms with van der Waals surface area (Å²) >= 11 is 0. The Balaban J connectivity index is 1.26. The van der Waals surface area contributed by atoms with E-state index in [9.17, 15) is 14.4 Å². The molecule has 0 aliphatic heterocycles. The fraction of sp³-hybridized carbons (Fsp3) is 0.0588. The quantitative estimate of drug-likeness (QED) is 0.200. The Hall–Kier alpha value is -6.41. The molecule has 0 bridgehead atoms. The number of rotatable bonds is 8. The summed E-state index contributed by atoms with van der Waals surface area (Å²) in [5.41, 5.74) is 5.23. The topological polar surface area (TPSA) is 125 Å². The second-order valence-electron chi connectivity index (χ2n) is 10.0. The van der Waals surface area contributed by atoms with Gasteiger partial charge in [0.2, 0.25) is 5.95 Å². The van der Waals surface area contributed by atoms with Gasteiger partial charge in [0.25, 0.3) is 0 Å². The number of carbonyl (C=O) groups excluding carboxylic acids is 1. The number of nitrogens with zero attached hydrogens (tertiary/aromatic N) is 7. The molecular formula is C34H26FN9O. The van der Waals surface area contributed by atoms with Crippen LogP contribution in [-0.2, 0) is 13.6 Å². The Morgan fingerprint density at radius 2 is 1.64 bits per heavy atom. The van der Waals surface area contributed by atoms with Crippen LogP contribution < -0.4 is 15.5 Å². The predicted octanol–water partition coefficient (Wildman–Crippen LogP) is 6.74. The van der Waals surface area contributed by atoms with Gasteiger partial charge in [-0.05, 0) is 66.2 Å². The lowest BCUT2D eigenvalue weighted by atomic mass is 10.1. The minimum atomic E-state index is -0.382. The Kier molecular flexibility index (Phi) is 8.19. The van der Waals surface area contributed by atoms with Crippen molar-refractivity contribution in [2.75, 3.05) is 10.2 Å². The third-order valence-corrected chi connectivity index (χ3v) is 6.91. The minimum Gasteiger partial charge on any atom is -0.333 e. The smallest absolute Gasteiger partial charge is 0.327 e. The van der Waals surface area contributed by atoms with E-state index < -0.39 is 0 Å². The lowest BCUT2D eigenvalue weighted by molar-refractivity contribution is 0.248. The van der Waals surface area contributed by atoms with E-state index in [-0.39, 0.29) is 23.4 Å². The molecule has 0 spiro atoms. The van der Waals surface area contributed by atoms with Crippen molar-refractivity contribution in [2.24, 2.45) is 7.05 Å². The third kappa shape index (κ3) is 6.65. The minimum absolute atomic E-state index is 0.256. The summed E-state index contributed by atoms with van der Waals surface area (Å²) in [7, 11) is 1.85. The van der Waals surface area contributed by atoms with Crippen molar-refractivity contribution < 1.29 is 9.18 Å². The molecular weight excluding hydrogens is 569 g/mol. The van der Waals surface area contributed by atoms with Gasteiger partial charge in [0.15, 0.2) is 0 Å². The van der Waals surface area contributed by atoms with E-state index in [0.717, 1.165) is 16.7 Å². The molecule has 0 unspecified atom stereocenters. The summed E-state index contributed by atoms with van der Waals surface area (Å²) in [6.45, 7) is 0.343. The Morgan fingerprint density at radius 3 is 2.31 bits per heavy atom. The van der Waals surface area contributed by atoms with Crippen LogP contribution in [0.4, 0.5) is 32.3 Å². The van der Waals surface area contributed by atoms with Crippen LogP contribution in [0.3, 0.4) is 0 Å². The zero-order valence-electron chi connectivity index (χ0n) is 24.1. The van der Waals surface area contributed by atoms with E-state index in [2.05, 4.69) is 36.8 Å². The first kappa shape index (κ1) is 28.7. The number of anilines is 4. The molecule has 0 saturated carbocycles. The van der Waals surface area contributed by atoms with Gasteiger partial charge >= 0.3 is 6.03 Å². The van der Waals surface area contributed by atoms with Gasteiger partial charge in [0, 0.05) is 48.4 Å². The van der Waals surface area contributed by atoms with E-state index >= 15 is 0 Å². The molecule has 3 aromatic carbocycles. The van der Waals surface area contributed by atoms with Crippen LogP contribution in [0.2, 0.25) is 0 Å². The number of amides is 2. The SMILES string of the molecule is Cn1cc(-c2ccc(N(C(=O)NCc3ccccc3)c3ccc(Nc4ncc(C#N)c(-c5ccc(F)cc5)n4)cc3)nc2)cn1. The van der Waals surface area contributed by atoms with Crippen molar-refractivity contribution in [2.45, 2.75) is 6.54 Å². The molecule has 0 aliphatic rings. The van der Waals surface area contributed by atoms with Crippen molar-refractivity contribution in [3.05, 3.63) is 133 Å². The summed E-state index contributed by atoms with van der Waals surface area (Å²) in [4.78, 5) is 28.5. The van der Waals surface area contributed by atoms with Crippen molar-refractivity contribution in [3.63, 3.8) is 0 Å². The van der Waals surface area contributed by atoms with Crippen LogP contribution in [-0.4, -0.2) is 30.8 Å². The zero-order valence-corrected chi connectivity index (χ0v) is 24.1. The average molecular weight is 596 g/mol. The van der Waals surface area contributed by atoms with Gasteiger partial charge < -0.3 is 10.6 Å². The molecule has 0 fully saturated rings. The average Bonchev–Trinajstić information content (AvgIpc) is 3.52. The maximum atomic E-state index is 13.6. The number of carbonyl (C=O) groups is 1. The van der Waals surface area contributed by atoms with Crippen molar-refractivity contribution in [3.8, 4) is 28.5 Å². The second-order valence-corrected chi connectivity index (χ2v) is 10.0. The number of nitriles is 1. The number of aryl methyl sites for hydroxylation is 1. The molecule has 6 aromatic rings. The van der Waals surface area contributed by atoms with Gasteiger partial charge in [-0.2, -0.15) is 10.4 Å². The van der Waals surface area contributed by atoms with E-state index in [1.165, 1.54) is 23.2 Å². The molecule has 0 saturated heterocycles. The molecule has 0 radical (unpaired) electrons. The maximum absolute atomic E-state index is 13.6. The lowest BCUT2D eigenvalue weighted by Gasteiger charge is -2.23. The number of pyridine rings is 1. The van der Waals surface area contributed by atoms with Crippen LogP contribution >= 0.6 is 0 Å². The Labute approximate surface area is 258 Å². The van der Waals surface area contributed by atoms with E-state index in [4.69, 9.17) is 0 Å². The first-order chi connectivity index (χ1) is 22.0. The Bertz CT molecular complexity index is 1970. The van der Waals surface area contributed by atoms with Crippen LogP contribution in [0.25, 0.3) is 22.4 Å². The first-order valence-electron chi connectivity index (χ1n) is 13.9. The lowest BCUT2D eigenvalue weighted by Crippen LogP contribution is -2.37. The number of hydrogen-bond acceptors (Lipinski definition) is 7. The van der Waals surface area contributed by atoms with Gasteiger partial charge in [-0.3, -0.25) is 4.68 Å². The van der Waals surface area contributed by atoms with Gasteiger partial charge in [0.1, 0.15) is 17.7 Å². The molecule has 2 amide bonds. The highest BCUT2D eigenvalue weighted by Crippen LogP contribution is 2.29. The van der Waals surface area contributed by atoms with Gasteiger partial charge in [0.05, 0.1) is 29.3 Å². The van der Waals surface area contributed by atoms with Crippen LogP contribution in [0.15, 0.2) is 116 Å². The number of nitrogens with one attached hydrogen (secondary N) is 2. The van der Waals surface area contributed by atoms with Gasteiger partial charge in [-0.15, -0.1) is 0 Å². The maximum Gasteiger partial charge on any atom is 0.327 e. The summed E-state index contributed by atoms with van der Waals surface area (Å²) < 4.78 is 15.2. The predicted molar refractivity (Wildman–Crippen MR) is 169 cm³/mol. The zero-order chi connectivity index (χ0) is 31.2. The normalized spacial score (nSPS) is 10.6. The van der Waals surface area contributed by atoms with Crippen LogP contribution in [0.5, 0.6) is 0 Å². The van der Waals surface area contributed by atoms with Crippen LogP contribution in [0, 0.1) is 17.1 Å².